The molecule has 1 aliphatic rings. The van der Waals surface area contributed by atoms with Gasteiger partial charge in [0.25, 0.3) is 0 Å². The smallest absolute Gasteiger partial charge is 0.191 e. The summed E-state index contributed by atoms with van der Waals surface area (Å²) in [7, 11) is 0. The zero-order chi connectivity index (χ0) is 16.8. The first-order valence-electron chi connectivity index (χ1n) is 8.74. The van der Waals surface area contributed by atoms with Crippen molar-refractivity contribution in [1.29, 1.82) is 0 Å². The third-order valence-electron chi connectivity index (χ3n) is 4.50. The summed E-state index contributed by atoms with van der Waals surface area (Å²) in [6.45, 7) is 0.277. The van der Waals surface area contributed by atoms with Gasteiger partial charge in [-0.1, -0.05) is 54.8 Å². The van der Waals surface area contributed by atoms with Crippen LogP contribution in [0, 0.1) is 0 Å². The van der Waals surface area contributed by atoms with E-state index >= 15 is 0 Å². The van der Waals surface area contributed by atoms with Crippen molar-refractivity contribution in [2.24, 2.45) is 0 Å². The molecule has 0 saturated heterocycles. The van der Waals surface area contributed by atoms with Crippen molar-refractivity contribution >= 4 is 23.4 Å². The van der Waals surface area contributed by atoms with Gasteiger partial charge in [-0.2, -0.15) is 0 Å². The summed E-state index contributed by atoms with van der Waals surface area (Å²) in [5.74, 6) is 1.90. The number of hydrogen-bond donors (Lipinski definition) is 1. The van der Waals surface area contributed by atoms with Crippen molar-refractivity contribution in [3.8, 4) is 11.4 Å². The van der Waals surface area contributed by atoms with Crippen LogP contribution in [-0.2, 0) is 0 Å². The fourth-order valence-electron chi connectivity index (χ4n) is 3.25. The molecule has 0 atom stereocenters. The Morgan fingerprint density at radius 3 is 2.67 bits per heavy atom. The molecule has 6 heteroatoms. The number of halogens is 1. The lowest BCUT2D eigenvalue weighted by molar-refractivity contribution is 0.284. The third-order valence-corrected chi connectivity index (χ3v) is 5.86. The molecule has 3 rings (SSSR count). The maximum Gasteiger partial charge on any atom is 0.191 e. The molecule has 24 heavy (non-hydrogen) atoms. The zero-order valence-electron chi connectivity index (χ0n) is 13.8. The van der Waals surface area contributed by atoms with Crippen LogP contribution in [0.15, 0.2) is 29.4 Å². The zero-order valence-corrected chi connectivity index (χ0v) is 15.4. The molecule has 1 saturated carbocycles. The highest BCUT2D eigenvalue weighted by molar-refractivity contribution is 7.99. The van der Waals surface area contributed by atoms with E-state index in [1.165, 1.54) is 25.7 Å². The number of unbranched alkanes of at least 4 members (excludes halogenated alkanes) is 2. The molecule has 2 aromatic rings. The number of nitrogens with zero attached hydrogens (tertiary/aromatic N) is 3. The standard InChI is InChI=1S/C18H24ClN3OS/c19-16-11-5-4-10-15(16)17-20-21-18(24-13-7-1-6-12-23)22(17)14-8-2-3-9-14/h4-5,10-11,14,23H,1-3,6-9,12-13H2. The molecule has 4 nitrogen and oxygen atoms in total. The Morgan fingerprint density at radius 2 is 1.92 bits per heavy atom. The van der Waals surface area contributed by atoms with Gasteiger partial charge in [0.05, 0.1) is 5.02 Å². The predicted octanol–water partition coefficient (Wildman–Crippen LogP) is 4.97. The minimum Gasteiger partial charge on any atom is -0.396 e. The SMILES string of the molecule is OCCCCCSc1nnc(-c2ccccc2Cl)n1C1CCCC1. The Bertz CT molecular complexity index is 655. The monoisotopic (exact) mass is 365 g/mol. The number of thioether (sulfide) groups is 1. The highest BCUT2D eigenvalue weighted by atomic mass is 35.5. The van der Waals surface area contributed by atoms with E-state index in [9.17, 15) is 0 Å². The Hall–Kier alpha value is -1.04. The van der Waals surface area contributed by atoms with E-state index in [1.807, 2.05) is 24.3 Å². The van der Waals surface area contributed by atoms with E-state index in [1.54, 1.807) is 11.8 Å². The number of hydrogen-bond acceptors (Lipinski definition) is 4. The van der Waals surface area contributed by atoms with Crippen LogP contribution >= 0.6 is 23.4 Å². The van der Waals surface area contributed by atoms with Crippen LogP contribution in [0.1, 0.15) is 51.0 Å². The Kier molecular flexibility index (Phi) is 6.58. The second-order valence-electron chi connectivity index (χ2n) is 6.23. The van der Waals surface area contributed by atoms with Gasteiger partial charge in [-0.25, -0.2) is 0 Å². The van der Waals surface area contributed by atoms with Gasteiger partial charge in [-0.05, 0) is 37.8 Å². The van der Waals surface area contributed by atoms with Gasteiger partial charge in [-0.15, -0.1) is 10.2 Å². The highest BCUT2D eigenvalue weighted by Crippen LogP contribution is 2.38. The first-order valence-corrected chi connectivity index (χ1v) is 10.1. The maximum absolute atomic E-state index is 8.88. The molecular weight excluding hydrogens is 342 g/mol. The summed E-state index contributed by atoms with van der Waals surface area (Å²) in [6.07, 6.45) is 7.93. The van der Waals surface area contributed by atoms with Gasteiger partial charge >= 0.3 is 0 Å². The van der Waals surface area contributed by atoms with Gasteiger partial charge in [-0.3, -0.25) is 4.57 Å². The average molecular weight is 366 g/mol. The van der Waals surface area contributed by atoms with E-state index in [2.05, 4.69) is 14.8 Å². The second kappa shape index (κ2) is 8.88. The maximum atomic E-state index is 8.88. The topological polar surface area (TPSA) is 50.9 Å². The Labute approximate surface area is 152 Å². The molecule has 0 aliphatic heterocycles. The summed E-state index contributed by atoms with van der Waals surface area (Å²) >= 11 is 8.17. The van der Waals surface area contributed by atoms with Crippen LogP contribution in [0.3, 0.4) is 0 Å². The molecule has 0 spiro atoms. The molecule has 0 bridgehead atoms. The lowest BCUT2D eigenvalue weighted by Crippen LogP contribution is -2.08. The minimum atomic E-state index is 0.277. The fraction of sp³-hybridized carbons (Fsp3) is 0.556. The largest absolute Gasteiger partial charge is 0.396 e. The number of aromatic nitrogens is 3. The van der Waals surface area contributed by atoms with Crippen LogP contribution in [0.2, 0.25) is 5.02 Å². The molecule has 1 heterocycles. The van der Waals surface area contributed by atoms with E-state index in [0.29, 0.717) is 6.04 Å². The van der Waals surface area contributed by atoms with Crippen LogP contribution in [0.5, 0.6) is 0 Å². The van der Waals surface area contributed by atoms with Crippen molar-refractivity contribution in [3.63, 3.8) is 0 Å². The molecule has 1 aromatic carbocycles. The first-order chi connectivity index (χ1) is 11.8. The third kappa shape index (κ3) is 4.13. The van der Waals surface area contributed by atoms with Crippen LogP contribution < -0.4 is 0 Å². The van der Waals surface area contributed by atoms with E-state index in [-0.39, 0.29) is 6.61 Å². The van der Waals surface area contributed by atoms with E-state index < -0.39 is 0 Å². The number of benzene rings is 1. The van der Waals surface area contributed by atoms with Crippen LogP contribution in [0.4, 0.5) is 0 Å². The van der Waals surface area contributed by atoms with E-state index in [0.717, 1.165) is 46.6 Å². The summed E-state index contributed by atoms with van der Waals surface area (Å²) in [6, 6.07) is 8.35. The highest BCUT2D eigenvalue weighted by Gasteiger charge is 2.25. The molecule has 0 radical (unpaired) electrons. The van der Waals surface area contributed by atoms with Crippen molar-refractivity contribution in [2.75, 3.05) is 12.4 Å². The number of aliphatic hydroxyl groups is 1. The summed E-state index contributed by atoms with van der Waals surface area (Å²) in [5, 5.41) is 19.5. The summed E-state index contributed by atoms with van der Waals surface area (Å²) in [5.41, 5.74) is 0.964. The minimum absolute atomic E-state index is 0.277. The molecular formula is C18H24ClN3OS. The van der Waals surface area contributed by atoms with Gasteiger partial charge in [0.15, 0.2) is 11.0 Å². The molecule has 1 N–H and O–H groups in total. The molecule has 1 fully saturated rings. The van der Waals surface area contributed by atoms with Crippen molar-refractivity contribution in [1.82, 2.24) is 14.8 Å². The van der Waals surface area contributed by atoms with Crippen molar-refractivity contribution in [3.05, 3.63) is 29.3 Å². The molecule has 130 valence electrons. The molecule has 0 amide bonds. The average Bonchev–Trinajstić information content (AvgIpc) is 3.24. The Balaban J connectivity index is 1.82. The molecule has 1 aromatic heterocycles. The normalized spacial score (nSPS) is 15.2. The first kappa shape index (κ1) is 17.8. The quantitative estimate of drug-likeness (QED) is 0.530. The Morgan fingerprint density at radius 1 is 1.12 bits per heavy atom. The number of rotatable bonds is 8. The van der Waals surface area contributed by atoms with Gasteiger partial charge in [0.2, 0.25) is 0 Å². The molecule has 1 aliphatic carbocycles. The fourth-order valence-corrected chi connectivity index (χ4v) is 4.47. The summed E-state index contributed by atoms with van der Waals surface area (Å²) in [4.78, 5) is 0. The van der Waals surface area contributed by atoms with Gasteiger partial charge in [0.1, 0.15) is 0 Å². The lowest BCUT2D eigenvalue weighted by Gasteiger charge is -2.17. The van der Waals surface area contributed by atoms with Crippen molar-refractivity contribution in [2.45, 2.75) is 56.1 Å². The van der Waals surface area contributed by atoms with E-state index in [4.69, 9.17) is 16.7 Å². The predicted molar refractivity (Wildman–Crippen MR) is 99.6 cm³/mol. The lowest BCUT2D eigenvalue weighted by atomic mass is 10.2. The van der Waals surface area contributed by atoms with Gasteiger partial charge in [0, 0.05) is 24.0 Å². The van der Waals surface area contributed by atoms with Crippen LogP contribution in [-0.4, -0.2) is 32.2 Å². The summed E-state index contributed by atoms with van der Waals surface area (Å²) < 4.78 is 2.31. The second-order valence-corrected chi connectivity index (χ2v) is 7.70. The molecule has 0 unspecified atom stereocenters. The van der Waals surface area contributed by atoms with Gasteiger partial charge < -0.3 is 5.11 Å². The number of aliphatic hydroxyl groups excluding tert-OH is 1. The van der Waals surface area contributed by atoms with Crippen molar-refractivity contribution < 1.29 is 5.11 Å². The van der Waals surface area contributed by atoms with Crippen LogP contribution in [0.25, 0.3) is 11.4 Å².